The largest absolute Gasteiger partial charge is 0.468 e. The summed E-state index contributed by atoms with van der Waals surface area (Å²) < 4.78 is 4.51. The van der Waals surface area contributed by atoms with Crippen LogP contribution in [-0.4, -0.2) is 44.5 Å². The van der Waals surface area contributed by atoms with Crippen LogP contribution in [0, 0.1) is 0 Å². The smallest absolute Gasteiger partial charge is 0.325 e. The highest BCUT2D eigenvalue weighted by Gasteiger charge is 2.08. The lowest BCUT2D eigenvalue weighted by Crippen LogP contribution is -2.22. The molecule has 0 radical (unpaired) electrons. The zero-order valence-electron chi connectivity index (χ0n) is 10.2. The van der Waals surface area contributed by atoms with Crippen molar-refractivity contribution in [3.05, 3.63) is 29.8 Å². The third-order valence-corrected chi connectivity index (χ3v) is 2.18. The van der Waals surface area contributed by atoms with Crippen molar-refractivity contribution in [3.63, 3.8) is 0 Å². The summed E-state index contributed by atoms with van der Waals surface area (Å²) in [4.78, 5) is 24.1. The van der Waals surface area contributed by atoms with Gasteiger partial charge < -0.3 is 15.0 Å². The van der Waals surface area contributed by atoms with Gasteiger partial charge in [0.1, 0.15) is 6.54 Å². The second-order valence-corrected chi connectivity index (χ2v) is 3.71. The highest BCUT2D eigenvalue weighted by Crippen LogP contribution is 2.11. The van der Waals surface area contributed by atoms with E-state index in [-0.39, 0.29) is 18.4 Å². The quantitative estimate of drug-likeness (QED) is 0.791. The Morgan fingerprint density at radius 2 is 2.06 bits per heavy atom. The molecular weight excluding hydrogens is 220 g/mol. The molecule has 1 N–H and O–H groups in total. The highest BCUT2D eigenvalue weighted by molar-refractivity contribution is 5.94. The maximum Gasteiger partial charge on any atom is 0.325 e. The Balaban J connectivity index is 2.72. The fourth-order valence-corrected chi connectivity index (χ4v) is 1.27. The minimum Gasteiger partial charge on any atom is -0.468 e. The maximum atomic E-state index is 11.7. The van der Waals surface area contributed by atoms with E-state index in [1.807, 2.05) is 0 Å². The molecule has 0 fully saturated rings. The molecule has 5 nitrogen and oxygen atoms in total. The van der Waals surface area contributed by atoms with E-state index in [0.717, 1.165) is 0 Å². The number of carbonyl (C=O) groups excluding carboxylic acids is 2. The maximum absolute atomic E-state index is 11.7. The zero-order valence-corrected chi connectivity index (χ0v) is 10.2. The summed E-state index contributed by atoms with van der Waals surface area (Å²) in [5.74, 6) is -0.430. The number of hydrogen-bond donors (Lipinski definition) is 1. The molecule has 0 heterocycles. The first-order valence-corrected chi connectivity index (χ1v) is 5.17. The predicted octanol–water partition coefficient (Wildman–Crippen LogP) is 0.973. The standard InChI is InChI=1S/C12H16N2O3/c1-14(2)12(16)9-5-4-6-10(7-9)13-8-11(15)17-3/h4-7,13H,8H2,1-3H3. The number of benzene rings is 1. The van der Waals surface area contributed by atoms with Crippen LogP contribution in [0.1, 0.15) is 10.4 Å². The topological polar surface area (TPSA) is 58.6 Å². The molecule has 0 atom stereocenters. The monoisotopic (exact) mass is 236 g/mol. The molecule has 0 aliphatic carbocycles. The third-order valence-electron chi connectivity index (χ3n) is 2.18. The van der Waals surface area contributed by atoms with E-state index >= 15 is 0 Å². The van der Waals surface area contributed by atoms with Crippen LogP contribution >= 0.6 is 0 Å². The van der Waals surface area contributed by atoms with Gasteiger partial charge in [0.15, 0.2) is 0 Å². The molecule has 92 valence electrons. The molecule has 0 unspecified atom stereocenters. The summed E-state index contributed by atoms with van der Waals surface area (Å²) in [6, 6.07) is 6.97. The number of methoxy groups -OCH3 is 1. The van der Waals surface area contributed by atoms with Crippen LogP contribution in [0.15, 0.2) is 24.3 Å². The molecule has 0 saturated carbocycles. The van der Waals surface area contributed by atoms with Crippen LogP contribution in [0.3, 0.4) is 0 Å². The van der Waals surface area contributed by atoms with E-state index in [2.05, 4.69) is 10.1 Å². The summed E-state index contributed by atoms with van der Waals surface area (Å²) in [6.07, 6.45) is 0. The SMILES string of the molecule is COC(=O)CNc1cccc(C(=O)N(C)C)c1. The average Bonchev–Trinajstić information content (AvgIpc) is 2.35. The van der Waals surface area contributed by atoms with Crippen molar-refractivity contribution < 1.29 is 14.3 Å². The van der Waals surface area contributed by atoms with Gasteiger partial charge in [-0.2, -0.15) is 0 Å². The van der Waals surface area contributed by atoms with Crippen LogP contribution in [0.4, 0.5) is 5.69 Å². The molecule has 1 amide bonds. The molecule has 17 heavy (non-hydrogen) atoms. The lowest BCUT2D eigenvalue weighted by Gasteiger charge is -2.11. The summed E-state index contributed by atoms with van der Waals surface area (Å²) in [6.45, 7) is 0.0795. The fraction of sp³-hybridized carbons (Fsp3) is 0.333. The highest BCUT2D eigenvalue weighted by atomic mass is 16.5. The predicted molar refractivity (Wildman–Crippen MR) is 65.0 cm³/mol. The Morgan fingerprint density at radius 3 is 2.65 bits per heavy atom. The van der Waals surface area contributed by atoms with E-state index in [0.29, 0.717) is 11.3 Å². The van der Waals surface area contributed by atoms with Crippen molar-refractivity contribution in [2.75, 3.05) is 33.1 Å². The number of anilines is 1. The van der Waals surface area contributed by atoms with Crippen LogP contribution in [0.5, 0.6) is 0 Å². The molecule has 1 rings (SSSR count). The van der Waals surface area contributed by atoms with Crippen molar-refractivity contribution in [1.82, 2.24) is 4.90 Å². The van der Waals surface area contributed by atoms with Crippen LogP contribution < -0.4 is 5.32 Å². The lowest BCUT2D eigenvalue weighted by atomic mass is 10.2. The number of amides is 1. The molecule has 0 saturated heterocycles. The summed E-state index contributed by atoms with van der Waals surface area (Å²) >= 11 is 0. The summed E-state index contributed by atoms with van der Waals surface area (Å²) in [5, 5.41) is 2.88. The van der Waals surface area contributed by atoms with Crippen LogP contribution in [0.25, 0.3) is 0 Å². The summed E-state index contributed by atoms with van der Waals surface area (Å²) in [7, 11) is 4.71. The van der Waals surface area contributed by atoms with Gasteiger partial charge in [-0.15, -0.1) is 0 Å². The van der Waals surface area contributed by atoms with Gasteiger partial charge in [0, 0.05) is 25.3 Å². The van der Waals surface area contributed by atoms with Crippen LogP contribution in [0.2, 0.25) is 0 Å². The molecule has 0 spiro atoms. The molecule has 0 bridgehead atoms. The Labute approximate surface area is 100 Å². The van der Waals surface area contributed by atoms with Gasteiger partial charge in [-0.1, -0.05) is 6.07 Å². The van der Waals surface area contributed by atoms with Crippen molar-refractivity contribution in [1.29, 1.82) is 0 Å². The van der Waals surface area contributed by atoms with Crippen molar-refractivity contribution in [2.45, 2.75) is 0 Å². The zero-order chi connectivity index (χ0) is 12.8. The van der Waals surface area contributed by atoms with E-state index in [1.165, 1.54) is 12.0 Å². The van der Waals surface area contributed by atoms with Gasteiger partial charge in [-0.05, 0) is 18.2 Å². The number of nitrogens with zero attached hydrogens (tertiary/aromatic N) is 1. The van der Waals surface area contributed by atoms with Gasteiger partial charge in [-0.25, -0.2) is 0 Å². The lowest BCUT2D eigenvalue weighted by molar-refractivity contribution is -0.138. The van der Waals surface area contributed by atoms with E-state index in [9.17, 15) is 9.59 Å². The second-order valence-electron chi connectivity index (χ2n) is 3.71. The number of carbonyl (C=O) groups is 2. The van der Waals surface area contributed by atoms with E-state index in [4.69, 9.17) is 0 Å². The normalized spacial score (nSPS) is 9.59. The van der Waals surface area contributed by atoms with Crippen molar-refractivity contribution in [3.8, 4) is 0 Å². The van der Waals surface area contributed by atoms with Gasteiger partial charge in [0.25, 0.3) is 5.91 Å². The van der Waals surface area contributed by atoms with Crippen LogP contribution in [-0.2, 0) is 9.53 Å². The number of rotatable bonds is 4. The minimum atomic E-state index is -0.352. The molecular formula is C12H16N2O3. The number of ether oxygens (including phenoxy) is 1. The molecule has 0 aliphatic heterocycles. The Hall–Kier alpha value is -2.04. The Bertz CT molecular complexity index is 416. The molecule has 1 aromatic rings. The number of nitrogens with one attached hydrogen (secondary N) is 1. The van der Waals surface area contributed by atoms with Gasteiger partial charge in [0.2, 0.25) is 0 Å². The first-order chi connectivity index (χ1) is 8.04. The Kier molecular flexibility index (Phi) is 4.51. The van der Waals surface area contributed by atoms with E-state index in [1.54, 1.807) is 38.4 Å². The van der Waals surface area contributed by atoms with Crippen molar-refractivity contribution >= 4 is 17.6 Å². The number of esters is 1. The first kappa shape index (κ1) is 13.0. The van der Waals surface area contributed by atoms with Gasteiger partial charge in [0.05, 0.1) is 7.11 Å². The molecule has 0 aliphatic rings. The fourth-order valence-electron chi connectivity index (χ4n) is 1.27. The second kappa shape index (κ2) is 5.89. The number of hydrogen-bond acceptors (Lipinski definition) is 4. The average molecular weight is 236 g/mol. The summed E-state index contributed by atoms with van der Waals surface area (Å²) in [5.41, 5.74) is 1.29. The molecule has 5 heteroatoms. The first-order valence-electron chi connectivity index (χ1n) is 5.17. The molecule has 1 aromatic carbocycles. The van der Waals surface area contributed by atoms with Crippen molar-refractivity contribution in [2.24, 2.45) is 0 Å². The van der Waals surface area contributed by atoms with Gasteiger partial charge >= 0.3 is 5.97 Å². The molecule has 0 aromatic heterocycles. The van der Waals surface area contributed by atoms with E-state index < -0.39 is 0 Å². The third kappa shape index (κ3) is 3.79. The minimum absolute atomic E-state index is 0.0771. The van der Waals surface area contributed by atoms with Gasteiger partial charge in [-0.3, -0.25) is 9.59 Å². The Morgan fingerprint density at radius 1 is 1.35 bits per heavy atom.